The number of aromatic amines is 1. The Morgan fingerprint density at radius 1 is 1.05 bits per heavy atom. The fourth-order valence-corrected chi connectivity index (χ4v) is 7.55. The highest BCUT2D eigenvalue weighted by atomic mass is 32.2. The fourth-order valence-electron chi connectivity index (χ4n) is 5.03. The summed E-state index contributed by atoms with van der Waals surface area (Å²) in [6.07, 6.45) is 0. The zero-order valence-corrected chi connectivity index (χ0v) is 22.9. The molecule has 2 aliphatic rings. The van der Waals surface area contributed by atoms with Crippen molar-refractivity contribution in [2.75, 3.05) is 16.8 Å². The van der Waals surface area contributed by atoms with E-state index in [1.54, 1.807) is 24.3 Å². The minimum absolute atomic E-state index is 0.176. The van der Waals surface area contributed by atoms with Crippen molar-refractivity contribution in [1.29, 1.82) is 0 Å². The first kappa shape index (κ1) is 27.4. The van der Waals surface area contributed by atoms with Crippen molar-refractivity contribution >= 4 is 57.9 Å². The number of non-ortho nitro benzene ring substituents is 1. The number of carbonyl (C=O) groups excluding carboxylic acids is 3. The molecule has 1 fully saturated rings. The first-order valence-electron chi connectivity index (χ1n) is 12.5. The Kier molecular flexibility index (Phi) is 7.08. The number of carbonyl (C=O) groups is 3. The SMILES string of the molecule is O=C(COc1cccc([C@H]2c3sc(=O)[nH]c3SC3C(=O)N(c4ccc([N+](=O)[O-])cc4)C(=O)C32)c1)Nc1ccc(F)cc1. The molecule has 0 aliphatic carbocycles. The highest BCUT2D eigenvalue weighted by molar-refractivity contribution is 8.00. The van der Waals surface area contributed by atoms with E-state index in [2.05, 4.69) is 10.3 Å². The number of fused-ring (bicyclic) bond motifs is 2. The number of nitro groups is 1. The molecule has 0 bridgehead atoms. The lowest BCUT2D eigenvalue weighted by Gasteiger charge is -2.30. The summed E-state index contributed by atoms with van der Waals surface area (Å²) in [5.41, 5.74) is 1.04. The normalized spacial score (nSPS) is 19.3. The number of aromatic nitrogens is 1. The molecular formula is C28H19FN4O7S2. The minimum Gasteiger partial charge on any atom is -0.484 e. The average molecular weight is 607 g/mol. The quantitative estimate of drug-likeness (QED) is 0.180. The highest BCUT2D eigenvalue weighted by Crippen LogP contribution is 2.53. The highest BCUT2D eigenvalue weighted by Gasteiger charge is 2.56. The number of nitro benzene ring substituents is 1. The van der Waals surface area contributed by atoms with Crippen molar-refractivity contribution < 1.29 is 28.4 Å². The second-order valence-electron chi connectivity index (χ2n) is 9.45. The number of nitrogens with one attached hydrogen (secondary N) is 2. The van der Waals surface area contributed by atoms with E-state index in [4.69, 9.17) is 4.74 Å². The number of ether oxygens (including phenoxy) is 1. The maximum atomic E-state index is 13.8. The van der Waals surface area contributed by atoms with Crippen molar-refractivity contribution in [3.05, 3.63) is 109 Å². The number of anilines is 2. The number of thioether (sulfide) groups is 1. The van der Waals surface area contributed by atoms with Crippen LogP contribution < -0.4 is 19.8 Å². The largest absolute Gasteiger partial charge is 0.484 e. The Balaban J connectivity index is 1.28. The van der Waals surface area contributed by atoms with Crippen LogP contribution >= 0.6 is 23.1 Å². The van der Waals surface area contributed by atoms with E-state index in [1.165, 1.54) is 48.5 Å². The van der Waals surface area contributed by atoms with Crippen molar-refractivity contribution in [3.63, 3.8) is 0 Å². The summed E-state index contributed by atoms with van der Waals surface area (Å²) in [6.45, 7) is -0.346. The van der Waals surface area contributed by atoms with Gasteiger partial charge in [0.2, 0.25) is 11.8 Å². The zero-order chi connectivity index (χ0) is 29.5. The summed E-state index contributed by atoms with van der Waals surface area (Å²) in [4.78, 5) is 66.7. The number of hydrogen-bond acceptors (Lipinski definition) is 9. The molecular weight excluding hydrogens is 587 g/mol. The predicted octanol–water partition coefficient (Wildman–Crippen LogP) is 4.30. The summed E-state index contributed by atoms with van der Waals surface area (Å²) < 4.78 is 18.8. The van der Waals surface area contributed by atoms with Crippen LogP contribution in [0.5, 0.6) is 5.75 Å². The molecule has 2 N–H and O–H groups in total. The molecule has 11 nitrogen and oxygen atoms in total. The standard InChI is InChI=1S/C28H19FN4O7S2/c29-15-4-6-16(7-5-15)30-20(34)13-40-19-3-1-2-14(12-19)21-22-24(41-25-23(21)42-28(37)31-25)27(36)32(26(22)35)17-8-10-18(11-9-17)33(38)39/h1-12,21-22,24H,13H2,(H,30,34)(H,31,37)/t21-,22?,24?/m1/s1. The molecule has 6 rings (SSSR count). The summed E-state index contributed by atoms with van der Waals surface area (Å²) in [6, 6.07) is 17.2. The van der Waals surface area contributed by atoms with Gasteiger partial charge in [-0.15, -0.1) is 0 Å². The third-order valence-electron chi connectivity index (χ3n) is 6.86. The van der Waals surface area contributed by atoms with E-state index >= 15 is 0 Å². The predicted molar refractivity (Wildman–Crippen MR) is 152 cm³/mol. The Bertz CT molecular complexity index is 1790. The van der Waals surface area contributed by atoms with Crippen molar-refractivity contribution in [2.45, 2.75) is 16.2 Å². The topological polar surface area (TPSA) is 152 Å². The Morgan fingerprint density at radius 2 is 1.79 bits per heavy atom. The molecule has 2 aliphatic heterocycles. The third-order valence-corrected chi connectivity index (χ3v) is 9.26. The van der Waals surface area contributed by atoms with Gasteiger partial charge in [-0.1, -0.05) is 35.2 Å². The van der Waals surface area contributed by atoms with Crippen LogP contribution in [0.25, 0.3) is 0 Å². The summed E-state index contributed by atoms with van der Waals surface area (Å²) in [5, 5.41) is 13.3. The maximum absolute atomic E-state index is 13.8. The van der Waals surface area contributed by atoms with E-state index in [0.29, 0.717) is 26.9 Å². The summed E-state index contributed by atoms with van der Waals surface area (Å²) in [7, 11) is 0. The van der Waals surface area contributed by atoms with Crippen LogP contribution in [0.2, 0.25) is 0 Å². The van der Waals surface area contributed by atoms with Crippen LogP contribution in [-0.4, -0.2) is 39.5 Å². The Morgan fingerprint density at radius 3 is 2.50 bits per heavy atom. The first-order chi connectivity index (χ1) is 20.2. The fraction of sp³-hybridized carbons (Fsp3) is 0.143. The van der Waals surface area contributed by atoms with Crippen LogP contribution in [-0.2, 0) is 14.4 Å². The zero-order valence-electron chi connectivity index (χ0n) is 21.3. The number of rotatable bonds is 7. The smallest absolute Gasteiger partial charge is 0.305 e. The number of benzene rings is 3. The molecule has 3 aromatic carbocycles. The number of H-pyrrole nitrogens is 1. The summed E-state index contributed by atoms with van der Waals surface area (Å²) >= 11 is 2.07. The lowest BCUT2D eigenvalue weighted by atomic mass is 9.83. The van der Waals surface area contributed by atoms with Crippen LogP contribution in [0.15, 0.2) is 82.6 Å². The number of hydrogen-bond donors (Lipinski definition) is 2. The van der Waals surface area contributed by atoms with E-state index < -0.39 is 45.5 Å². The summed E-state index contributed by atoms with van der Waals surface area (Å²) in [5.74, 6) is -3.10. The minimum atomic E-state index is -0.867. The van der Waals surface area contributed by atoms with E-state index in [1.807, 2.05) is 0 Å². The number of imide groups is 1. The molecule has 42 heavy (non-hydrogen) atoms. The third kappa shape index (κ3) is 5.05. The van der Waals surface area contributed by atoms with Gasteiger partial charge in [0.1, 0.15) is 16.8 Å². The van der Waals surface area contributed by atoms with Crippen LogP contribution in [0.1, 0.15) is 16.4 Å². The van der Waals surface area contributed by atoms with E-state index in [0.717, 1.165) is 28.0 Å². The Labute approximate surface area is 244 Å². The second kappa shape index (κ2) is 10.9. The van der Waals surface area contributed by atoms with Crippen molar-refractivity contribution in [1.82, 2.24) is 4.98 Å². The lowest BCUT2D eigenvalue weighted by Crippen LogP contribution is -2.32. The monoisotopic (exact) mass is 606 g/mol. The molecule has 1 saturated heterocycles. The molecule has 3 heterocycles. The van der Waals surface area contributed by atoms with E-state index in [9.17, 15) is 33.7 Å². The molecule has 0 spiro atoms. The Hall–Kier alpha value is -4.82. The molecule has 2 unspecified atom stereocenters. The molecule has 4 aromatic rings. The van der Waals surface area contributed by atoms with Gasteiger partial charge in [-0.05, 0) is 54.1 Å². The molecule has 14 heteroatoms. The lowest BCUT2D eigenvalue weighted by molar-refractivity contribution is -0.384. The van der Waals surface area contributed by atoms with Gasteiger partial charge in [0, 0.05) is 28.6 Å². The van der Waals surface area contributed by atoms with E-state index in [-0.39, 0.29) is 22.9 Å². The number of nitrogens with zero attached hydrogens (tertiary/aromatic N) is 2. The van der Waals surface area contributed by atoms with Crippen LogP contribution in [0.3, 0.4) is 0 Å². The number of thiazole rings is 1. The number of amides is 3. The average Bonchev–Trinajstić information content (AvgIpc) is 3.47. The van der Waals surface area contributed by atoms with Gasteiger partial charge in [-0.3, -0.25) is 29.3 Å². The molecule has 3 atom stereocenters. The van der Waals surface area contributed by atoms with Crippen molar-refractivity contribution in [2.24, 2.45) is 5.92 Å². The van der Waals surface area contributed by atoms with Gasteiger partial charge in [0.25, 0.3) is 11.6 Å². The molecule has 0 radical (unpaired) electrons. The van der Waals surface area contributed by atoms with Gasteiger partial charge in [0.15, 0.2) is 6.61 Å². The maximum Gasteiger partial charge on any atom is 0.305 e. The molecule has 0 saturated carbocycles. The number of halogens is 1. The van der Waals surface area contributed by atoms with Gasteiger partial charge in [0.05, 0.1) is 21.6 Å². The van der Waals surface area contributed by atoms with Gasteiger partial charge in [-0.25, -0.2) is 9.29 Å². The van der Waals surface area contributed by atoms with Crippen LogP contribution in [0.4, 0.5) is 21.5 Å². The van der Waals surface area contributed by atoms with Gasteiger partial charge in [-0.2, -0.15) is 0 Å². The molecule has 1 aromatic heterocycles. The van der Waals surface area contributed by atoms with Gasteiger partial charge < -0.3 is 15.0 Å². The first-order valence-corrected chi connectivity index (χ1v) is 14.2. The van der Waals surface area contributed by atoms with Crippen LogP contribution in [0, 0.1) is 21.8 Å². The second-order valence-corrected chi connectivity index (χ2v) is 11.6. The molecule has 3 amide bonds. The molecule has 212 valence electrons. The van der Waals surface area contributed by atoms with Crippen molar-refractivity contribution in [3.8, 4) is 5.75 Å². The van der Waals surface area contributed by atoms with Gasteiger partial charge >= 0.3 is 4.87 Å².